The van der Waals surface area contributed by atoms with Crippen LogP contribution in [0.5, 0.6) is 0 Å². The van der Waals surface area contributed by atoms with Crippen LogP contribution in [0.25, 0.3) is 17.1 Å². The monoisotopic (exact) mass is 380 g/mol. The maximum absolute atomic E-state index is 12.8. The van der Waals surface area contributed by atoms with E-state index in [1.165, 1.54) is 0 Å². The quantitative estimate of drug-likeness (QED) is 0.581. The summed E-state index contributed by atoms with van der Waals surface area (Å²) in [6.07, 6.45) is 0. The van der Waals surface area contributed by atoms with Gasteiger partial charge in [-0.25, -0.2) is 14.6 Å². The molecule has 0 aliphatic heterocycles. The fourth-order valence-electron chi connectivity index (χ4n) is 2.84. The zero-order valence-corrected chi connectivity index (χ0v) is 15.6. The number of nitrogens with zero attached hydrogens (tertiary/aromatic N) is 5. The number of para-hydroxylation sites is 1. The molecule has 2 aromatic carbocycles. The lowest BCUT2D eigenvalue weighted by molar-refractivity contribution is 0.101. The van der Waals surface area contributed by atoms with Crippen molar-refractivity contribution in [3.63, 3.8) is 0 Å². The number of hydrogen-bond donors (Lipinski definition) is 1. The third-order valence-electron chi connectivity index (χ3n) is 4.23. The molecule has 7 nitrogen and oxygen atoms in total. The van der Waals surface area contributed by atoms with Gasteiger partial charge in [0.2, 0.25) is 5.82 Å². The number of benzene rings is 2. The van der Waals surface area contributed by atoms with Gasteiger partial charge in [0.25, 0.3) is 5.91 Å². The third-order valence-corrected chi connectivity index (χ3v) is 4.23. The molecule has 0 fully saturated rings. The number of aryl methyl sites for hydroxylation is 1. The lowest BCUT2D eigenvalue weighted by Gasteiger charge is -2.05. The molecular weight excluding hydrogens is 364 g/mol. The number of nitrogens with one attached hydrogen (secondary N) is 1. The van der Waals surface area contributed by atoms with E-state index in [9.17, 15) is 10.1 Å². The van der Waals surface area contributed by atoms with Crippen molar-refractivity contribution >= 4 is 11.7 Å². The SMILES string of the molecule is Cc1ccc(C#N)c(NC(=O)c2nc(-c3ccccc3)n(-c3ccccc3)n2)n1. The number of anilines is 1. The van der Waals surface area contributed by atoms with Crippen LogP contribution in [0.3, 0.4) is 0 Å². The van der Waals surface area contributed by atoms with Gasteiger partial charge in [0.15, 0.2) is 11.6 Å². The molecule has 0 unspecified atom stereocenters. The van der Waals surface area contributed by atoms with Gasteiger partial charge in [-0.05, 0) is 31.2 Å². The Labute approximate surface area is 167 Å². The van der Waals surface area contributed by atoms with Crippen molar-refractivity contribution in [2.75, 3.05) is 5.32 Å². The first-order valence-corrected chi connectivity index (χ1v) is 8.93. The number of aromatic nitrogens is 4. The van der Waals surface area contributed by atoms with E-state index in [4.69, 9.17) is 0 Å². The van der Waals surface area contributed by atoms with Crippen molar-refractivity contribution in [1.82, 2.24) is 19.7 Å². The van der Waals surface area contributed by atoms with E-state index in [-0.39, 0.29) is 17.2 Å². The fourth-order valence-corrected chi connectivity index (χ4v) is 2.84. The minimum atomic E-state index is -0.536. The summed E-state index contributed by atoms with van der Waals surface area (Å²) in [7, 11) is 0. The molecule has 4 aromatic rings. The Morgan fingerprint density at radius 2 is 1.66 bits per heavy atom. The van der Waals surface area contributed by atoms with Crippen molar-refractivity contribution < 1.29 is 4.79 Å². The standard InChI is InChI=1S/C22H16N6O/c1-15-12-13-17(14-23)19(24-15)26-22(29)20-25-21(16-8-4-2-5-9-16)28(27-20)18-10-6-3-7-11-18/h2-13H,1H3,(H,24,26,29). The Balaban J connectivity index is 1.75. The van der Waals surface area contributed by atoms with Crippen molar-refractivity contribution in [2.24, 2.45) is 0 Å². The molecule has 7 heteroatoms. The molecule has 0 saturated heterocycles. The third kappa shape index (κ3) is 3.73. The summed E-state index contributed by atoms with van der Waals surface area (Å²) in [5.74, 6) is 0.181. The highest BCUT2D eigenvalue weighted by Gasteiger charge is 2.20. The van der Waals surface area contributed by atoms with Gasteiger partial charge < -0.3 is 5.32 Å². The van der Waals surface area contributed by atoms with Gasteiger partial charge in [-0.15, -0.1) is 5.10 Å². The summed E-state index contributed by atoms with van der Waals surface area (Å²) < 4.78 is 1.62. The minimum absolute atomic E-state index is 0.0140. The van der Waals surface area contributed by atoms with Crippen LogP contribution in [0.1, 0.15) is 21.9 Å². The van der Waals surface area contributed by atoms with Crippen LogP contribution >= 0.6 is 0 Å². The molecular formula is C22H16N6O. The predicted molar refractivity (Wildman–Crippen MR) is 108 cm³/mol. The van der Waals surface area contributed by atoms with Crippen molar-refractivity contribution in [3.8, 4) is 23.1 Å². The highest BCUT2D eigenvalue weighted by molar-refractivity contribution is 6.02. The van der Waals surface area contributed by atoms with Gasteiger partial charge in [-0.2, -0.15) is 5.26 Å². The summed E-state index contributed by atoms with van der Waals surface area (Å²) in [5, 5.41) is 16.3. The molecule has 29 heavy (non-hydrogen) atoms. The van der Waals surface area contributed by atoms with Gasteiger partial charge in [-0.1, -0.05) is 48.5 Å². The van der Waals surface area contributed by atoms with Crippen LogP contribution < -0.4 is 5.32 Å². The van der Waals surface area contributed by atoms with Gasteiger partial charge in [0.1, 0.15) is 6.07 Å². The van der Waals surface area contributed by atoms with Crippen LogP contribution in [0.2, 0.25) is 0 Å². The zero-order valence-electron chi connectivity index (χ0n) is 15.6. The highest BCUT2D eigenvalue weighted by Crippen LogP contribution is 2.21. The molecule has 1 amide bonds. The molecule has 0 spiro atoms. The van der Waals surface area contributed by atoms with Crippen LogP contribution in [0.15, 0.2) is 72.8 Å². The van der Waals surface area contributed by atoms with Crippen LogP contribution in [0.4, 0.5) is 5.82 Å². The molecule has 0 aliphatic carbocycles. The Kier molecular flexibility index (Phi) is 4.82. The Morgan fingerprint density at radius 1 is 0.966 bits per heavy atom. The maximum atomic E-state index is 12.8. The van der Waals surface area contributed by atoms with E-state index in [0.29, 0.717) is 11.5 Å². The van der Waals surface area contributed by atoms with E-state index < -0.39 is 5.91 Å². The van der Waals surface area contributed by atoms with Crippen molar-refractivity contribution in [3.05, 3.63) is 89.9 Å². The second-order valence-corrected chi connectivity index (χ2v) is 6.29. The molecule has 0 bridgehead atoms. The Morgan fingerprint density at radius 3 is 2.34 bits per heavy atom. The average Bonchev–Trinajstić information content (AvgIpc) is 3.21. The number of rotatable bonds is 4. The molecule has 140 valence electrons. The molecule has 2 heterocycles. The van der Waals surface area contributed by atoms with E-state index >= 15 is 0 Å². The van der Waals surface area contributed by atoms with E-state index in [1.807, 2.05) is 66.7 Å². The summed E-state index contributed by atoms with van der Waals surface area (Å²) in [6, 6.07) is 24.3. The molecule has 4 rings (SSSR count). The molecule has 0 atom stereocenters. The fraction of sp³-hybridized carbons (Fsp3) is 0.0455. The first kappa shape index (κ1) is 18.1. The number of carbonyl (C=O) groups is 1. The number of amides is 1. The summed E-state index contributed by atoms with van der Waals surface area (Å²) in [5.41, 5.74) is 2.57. The molecule has 0 aliphatic rings. The van der Waals surface area contributed by atoms with Gasteiger partial charge in [0.05, 0.1) is 11.3 Å². The minimum Gasteiger partial charge on any atom is -0.303 e. The van der Waals surface area contributed by atoms with E-state index in [1.54, 1.807) is 23.7 Å². The Bertz CT molecular complexity index is 1150. The number of pyridine rings is 1. The molecule has 0 radical (unpaired) electrons. The first-order valence-electron chi connectivity index (χ1n) is 8.93. The van der Waals surface area contributed by atoms with Crippen molar-refractivity contribution in [2.45, 2.75) is 6.92 Å². The summed E-state index contributed by atoms with van der Waals surface area (Å²) in [6.45, 7) is 1.78. The zero-order chi connectivity index (χ0) is 20.2. The van der Waals surface area contributed by atoms with E-state index in [0.717, 1.165) is 11.3 Å². The van der Waals surface area contributed by atoms with Gasteiger partial charge >= 0.3 is 0 Å². The smallest absolute Gasteiger partial charge is 0.296 e. The topological polar surface area (TPSA) is 96.5 Å². The highest BCUT2D eigenvalue weighted by atomic mass is 16.2. The summed E-state index contributed by atoms with van der Waals surface area (Å²) >= 11 is 0. The van der Waals surface area contributed by atoms with Crippen LogP contribution in [-0.2, 0) is 0 Å². The van der Waals surface area contributed by atoms with Crippen molar-refractivity contribution in [1.29, 1.82) is 5.26 Å². The van der Waals surface area contributed by atoms with Crippen LogP contribution in [0, 0.1) is 18.3 Å². The normalized spacial score (nSPS) is 10.3. The molecule has 2 aromatic heterocycles. The lowest BCUT2D eigenvalue weighted by atomic mass is 10.2. The van der Waals surface area contributed by atoms with Gasteiger partial charge in [-0.3, -0.25) is 4.79 Å². The largest absolute Gasteiger partial charge is 0.303 e. The second kappa shape index (κ2) is 7.74. The Hall–Kier alpha value is -4.31. The second-order valence-electron chi connectivity index (χ2n) is 6.29. The summed E-state index contributed by atoms with van der Waals surface area (Å²) in [4.78, 5) is 21.5. The maximum Gasteiger partial charge on any atom is 0.296 e. The average molecular weight is 380 g/mol. The number of hydrogen-bond acceptors (Lipinski definition) is 5. The predicted octanol–water partition coefficient (Wildman–Crippen LogP) is 3.76. The molecule has 0 saturated carbocycles. The molecule has 1 N–H and O–H groups in total. The van der Waals surface area contributed by atoms with Gasteiger partial charge in [0, 0.05) is 11.3 Å². The van der Waals surface area contributed by atoms with E-state index in [2.05, 4.69) is 20.4 Å². The lowest BCUT2D eigenvalue weighted by Crippen LogP contribution is -2.16. The first-order chi connectivity index (χ1) is 14.2. The van der Waals surface area contributed by atoms with Crippen LogP contribution in [-0.4, -0.2) is 25.7 Å². The number of nitriles is 1. The number of carbonyl (C=O) groups excluding carboxylic acids is 1.